The van der Waals surface area contributed by atoms with Crippen molar-refractivity contribution in [2.75, 3.05) is 21.3 Å². The van der Waals surface area contributed by atoms with Crippen LogP contribution >= 0.6 is 11.3 Å². The number of fused-ring (bicyclic) bond motifs is 1. The fourth-order valence-corrected chi connectivity index (χ4v) is 4.00. The average molecular weight is 386 g/mol. The molecule has 0 radical (unpaired) electrons. The zero-order chi connectivity index (χ0) is 19.0. The van der Waals surface area contributed by atoms with E-state index in [1.165, 1.54) is 0 Å². The number of nitrogens with zero attached hydrogens (tertiary/aromatic N) is 1. The van der Waals surface area contributed by atoms with Crippen LogP contribution in [0.1, 0.15) is 28.9 Å². The van der Waals surface area contributed by atoms with Crippen LogP contribution in [0.25, 0.3) is 10.9 Å². The number of methoxy groups -OCH3 is 3. The van der Waals surface area contributed by atoms with Crippen molar-refractivity contribution in [3.8, 4) is 17.2 Å². The summed E-state index contributed by atoms with van der Waals surface area (Å²) in [6.07, 6.45) is 2.10. The number of rotatable bonds is 7. The number of hydrogen-bond donors (Lipinski definition) is 1. The van der Waals surface area contributed by atoms with E-state index in [2.05, 4.69) is 16.4 Å². The van der Waals surface area contributed by atoms with Crippen molar-refractivity contribution in [1.82, 2.24) is 9.88 Å². The SMILES string of the molecule is COc1cc(OC)c2cc(C(=O)N(Cc3ccsc3)C3CC3)[nH]c2c1OC. The van der Waals surface area contributed by atoms with Gasteiger partial charge in [-0.3, -0.25) is 4.79 Å². The van der Waals surface area contributed by atoms with Crippen LogP contribution in [0.5, 0.6) is 17.2 Å². The van der Waals surface area contributed by atoms with Gasteiger partial charge in [0, 0.05) is 24.0 Å². The molecule has 2 heterocycles. The quantitative estimate of drug-likeness (QED) is 0.665. The van der Waals surface area contributed by atoms with Gasteiger partial charge in [-0.1, -0.05) is 0 Å². The van der Waals surface area contributed by atoms with E-state index in [1.54, 1.807) is 38.7 Å². The van der Waals surface area contributed by atoms with E-state index in [1.807, 2.05) is 16.3 Å². The molecular weight excluding hydrogens is 364 g/mol. The first-order valence-electron chi connectivity index (χ1n) is 8.80. The van der Waals surface area contributed by atoms with Gasteiger partial charge in [-0.25, -0.2) is 0 Å². The first-order valence-corrected chi connectivity index (χ1v) is 9.74. The number of carbonyl (C=O) groups is 1. The molecule has 3 aromatic rings. The molecule has 1 fully saturated rings. The van der Waals surface area contributed by atoms with Crippen molar-refractivity contribution in [3.63, 3.8) is 0 Å². The van der Waals surface area contributed by atoms with E-state index in [0.29, 0.717) is 41.0 Å². The molecule has 1 aromatic carbocycles. The molecule has 1 aliphatic carbocycles. The highest BCUT2D eigenvalue weighted by molar-refractivity contribution is 7.07. The first-order chi connectivity index (χ1) is 13.2. The minimum atomic E-state index is -0.0111. The second kappa shape index (κ2) is 7.15. The molecular formula is C20H22N2O4S. The van der Waals surface area contributed by atoms with Gasteiger partial charge in [0.15, 0.2) is 11.5 Å². The Hall–Kier alpha value is -2.67. The first kappa shape index (κ1) is 17.7. The van der Waals surface area contributed by atoms with Gasteiger partial charge in [0.1, 0.15) is 11.4 Å². The molecule has 1 N–H and O–H groups in total. The van der Waals surface area contributed by atoms with Gasteiger partial charge >= 0.3 is 0 Å². The number of aromatic amines is 1. The van der Waals surface area contributed by atoms with E-state index in [4.69, 9.17) is 14.2 Å². The van der Waals surface area contributed by atoms with E-state index in [-0.39, 0.29) is 5.91 Å². The van der Waals surface area contributed by atoms with E-state index in [0.717, 1.165) is 23.8 Å². The largest absolute Gasteiger partial charge is 0.496 e. The third-order valence-electron chi connectivity index (χ3n) is 4.85. The molecule has 1 amide bonds. The fourth-order valence-electron chi connectivity index (χ4n) is 3.34. The number of thiophene rings is 1. The van der Waals surface area contributed by atoms with Gasteiger partial charge in [0.2, 0.25) is 0 Å². The topological polar surface area (TPSA) is 63.8 Å². The zero-order valence-electron chi connectivity index (χ0n) is 15.6. The van der Waals surface area contributed by atoms with Gasteiger partial charge < -0.3 is 24.1 Å². The van der Waals surface area contributed by atoms with Gasteiger partial charge in [-0.2, -0.15) is 11.3 Å². The molecule has 0 saturated heterocycles. The van der Waals surface area contributed by atoms with Crippen molar-refractivity contribution >= 4 is 28.1 Å². The van der Waals surface area contributed by atoms with Crippen LogP contribution in [0.2, 0.25) is 0 Å². The smallest absolute Gasteiger partial charge is 0.270 e. The number of nitrogens with one attached hydrogen (secondary N) is 1. The number of ether oxygens (including phenoxy) is 3. The molecule has 0 aliphatic heterocycles. The Morgan fingerprint density at radius 3 is 2.56 bits per heavy atom. The van der Waals surface area contributed by atoms with Crippen LogP contribution in [0.4, 0.5) is 0 Å². The van der Waals surface area contributed by atoms with Crippen molar-refractivity contribution in [2.24, 2.45) is 0 Å². The molecule has 1 saturated carbocycles. The average Bonchev–Trinajstić information content (AvgIpc) is 3.21. The summed E-state index contributed by atoms with van der Waals surface area (Å²) in [5.74, 6) is 1.74. The maximum atomic E-state index is 13.3. The van der Waals surface area contributed by atoms with Crippen molar-refractivity contribution < 1.29 is 19.0 Å². The number of hydrogen-bond acceptors (Lipinski definition) is 5. The van der Waals surface area contributed by atoms with E-state index in [9.17, 15) is 4.79 Å². The maximum Gasteiger partial charge on any atom is 0.270 e. The molecule has 142 valence electrons. The lowest BCUT2D eigenvalue weighted by molar-refractivity contribution is 0.0725. The highest BCUT2D eigenvalue weighted by atomic mass is 32.1. The summed E-state index contributed by atoms with van der Waals surface area (Å²) in [5.41, 5.74) is 2.38. The molecule has 4 rings (SSSR count). The standard InChI is InChI=1S/C20H22N2O4S/c1-24-16-9-17(25-2)19(26-3)18-14(16)8-15(21-18)20(23)22(13-4-5-13)10-12-6-7-27-11-12/h6-9,11,13,21H,4-5,10H2,1-3H3. The number of carbonyl (C=O) groups excluding carboxylic acids is 1. The van der Waals surface area contributed by atoms with E-state index < -0.39 is 0 Å². The fraction of sp³-hybridized carbons (Fsp3) is 0.350. The monoisotopic (exact) mass is 386 g/mol. The van der Waals surface area contributed by atoms with Crippen molar-refractivity contribution in [1.29, 1.82) is 0 Å². The minimum absolute atomic E-state index is 0.0111. The summed E-state index contributed by atoms with van der Waals surface area (Å²) in [6.45, 7) is 0.625. The highest BCUT2D eigenvalue weighted by Crippen LogP contribution is 2.42. The second-order valence-corrected chi connectivity index (χ2v) is 7.36. The maximum absolute atomic E-state index is 13.3. The predicted molar refractivity (Wildman–Crippen MR) is 105 cm³/mol. The Labute approximate surface area is 161 Å². The Morgan fingerprint density at radius 1 is 1.19 bits per heavy atom. The van der Waals surface area contributed by atoms with Gasteiger partial charge in [-0.05, 0) is 41.3 Å². The highest BCUT2D eigenvalue weighted by Gasteiger charge is 2.34. The molecule has 0 spiro atoms. The normalized spacial score (nSPS) is 13.6. The van der Waals surface area contributed by atoms with Crippen LogP contribution < -0.4 is 14.2 Å². The molecule has 0 unspecified atom stereocenters. The number of aromatic nitrogens is 1. The number of H-pyrrole nitrogens is 1. The number of amides is 1. The lowest BCUT2D eigenvalue weighted by atomic mass is 10.2. The Kier molecular flexibility index (Phi) is 4.70. The van der Waals surface area contributed by atoms with Gasteiger partial charge in [0.05, 0.1) is 26.8 Å². The lowest BCUT2D eigenvalue weighted by Gasteiger charge is -2.21. The third-order valence-corrected chi connectivity index (χ3v) is 5.58. The second-order valence-electron chi connectivity index (χ2n) is 6.58. The van der Waals surface area contributed by atoms with Gasteiger partial charge in [0.25, 0.3) is 5.91 Å². The summed E-state index contributed by atoms with van der Waals surface area (Å²) in [4.78, 5) is 18.4. The molecule has 1 aliphatic rings. The van der Waals surface area contributed by atoms with Crippen LogP contribution in [-0.2, 0) is 6.54 Å². The predicted octanol–water partition coefficient (Wildman–Crippen LogP) is 4.06. The van der Waals surface area contributed by atoms with E-state index >= 15 is 0 Å². The molecule has 27 heavy (non-hydrogen) atoms. The summed E-state index contributed by atoms with van der Waals surface area (Å²) in [7, 11) is 4.76. The Bertz CT molecular complexity index is 960. The van der Waals surface area contributed by atoms with Crippen LogP contribution in [0.3, 0.4) is 0 Å². The third kappa shape index (κ3) is 3.23. The van der Waals surface area contributed by atoms with Crippen LogP contribution in [0, 0.1) is 0 Å². The van der Waals surface area contributed by atoms with Crippen LogP contribution in [0.15, 0.2) is 29.0 Å². The molecule has 0 bridgehead atoms. The summed E-state index contributed by atoms with van der Waals surface area (Å²) in [6, 6.07) is 5.98. The Balaban J connectivity index is 1.75. The van der Waals surface area contributed by atoms with Gasteiger partial charge in [-0.15, -0.1) is 0 Å². The molecule has 7 heteroatoms. The van der Waals surface area contributed by atoms with Crippen molar-refractivity contribution in [3.05, 3.63) is 40.2 Å². The summed E-state index contributed by atoms with van der Waals surface area (Å²) in [5, 5.41) is 4.92. The summed E-state index contributed by atoms with van der Waals surface area (Å²) < 4.78 is 16.4. The molecule has 6 nitrogen and oxygen atoms in total. The van der Waals surface area contributed by atoms with Crippen molar-refractivity contribution in [2.45, 2.75) is 25.4 Å². The molecule has 0 atom stereocenters. The Morgan fingerprint density at radius 2 is 1.96 bits per heavy atom. The molecule has 2 aromatic heterocycles. The number of benzene rings is 1. The lowest BCUT2D eigenvalue weighted by Crippen LogP contribution is -2.32. The van der Waals surface area contributed by atoms with Crippen LogP contribution in [-0.4, -0.2) is 43.2 Å². The minimum Gasteiger partial charge on any atom is -0.496 e. The zero-order valence-corrected chi connectivity index (χ0v) is 16.4. The summed E-state index contributed by atoms with van der Waals surface area (Å²) >= 11 is 1.65.